The molecule has 18 heavy (non-hydrogen) atoms. The van der Waals surface area contributed by atoms with Crippen molar-refractivity contribution in [1.82, 2.24) is 10.2 Å². The van der Waals surface area contributed by atoms with Crippen molar-refractivity contribution in [2.75, 3.05) is 40.8 Å². The Balaban J connectivity index is 2.54. The van der Waals surface area contributed by atoms with Crippen molar-refractivity contribution in [1.29, 1.82) is 0 Å². The fourth-order valence-electron chi connectivity index (χ4n) is 1.81. The second kappa shape index (κ2) is 7.84. The van der Waals surface area contributed by atoms with Crippen LogP contribution in [0.25, 0.3) is 0 Å². The maximum absolute atomic E-state index is 12.1. The second-order valence-corrected chi connectivity index (χ2v) is 4.32. The molecular weight excluding hydrogens is 228 g/mol. The van der Waals surface area contributed by atoms with E-state index in [1.165, 1.54) is 0 Å². The number of ketones is 1. The lowest BCUT2D eigenvalue weighted by Gasteiger charge is -2.16. The number of nitrogens with zero attached hydrogens (tertiary/aromatic N) is 1. The van der Waals surface area contributed by atoms with Gasteiger partial charge in [0.1, 0.15) is 5.75 Å². The minimum absolute atomic E-state index is 0.0967. The van der Waals surface area contributed by atoms with Gasteiger partial charge in [0.05, 0.1) is 19.2 Å². The summed E-state index contributed by atoms with van der Waals surface area (Å²) in [5.41, 5.74) is 0.653. The Morgan fingerprint density at radius 2 is 2.11 bits per heavy atom. The molecule has 0 atom stereocenters. The summed E-state index contributed by atoms with van der Waals surface area (Å²) in [5.74, 6) is 0.741. The Hall–Kier alpha value is -1.39. The van der Waals surface area contributed by atoms with E-state index in [-0.39, 0.29) is 5.78 Å². The summed E-state index contributed by atoms with van der Waals surface area (Å²) < 4.78 is 5.20. The van der Waals surface area contributed by atoms with Gasteiger partial charge in [0, 0.05) is 0 Å². The molecule has 1 aromatic carbocycles. The van der Waals surface area contributed by atoms with Gasteiger partial charge in [-0.1, -0.05) is 12.1 Å². The lowest BCUT2D eigenvalue weighted by atomic mass is 10.1. The van der Waals surface area contributed by atoms with Crippen molar-refractivity contribution >= 4 is 5.78 Å². The lowest BCUT2D eigenvalue weighted by molar-refractivity contribution is 0.0943. The lowest BCUT2D eigenvalue weighted by Crippen LogP contribution is -2.28. The van der Waals surface area contributed by atoms with E-state index < -0.39 is 0 Å². The first kappa shape index (κ1) is 14.7. The van der Waals surface area contributed by atoms with Crippen LogP contribution in [-0.2, 0) is 0 Å². The molecule has 0 aromatic heterocycles. The molecular formula is C14H22N2O2. The van der Waals surface area contributed by atoms with Crippen LogP contribution in [0.5, 0.6) is 5.75 Å². The van der Waals surface area contributed by atoms with Gasteiger partial charge in [0.25, 0.3) is 0 Å². The minimum atomic E-state index is 0.0967. The van der Waals surface area contributed by atoms with Gasteiger partial charge in [0.15, 0.2) is 5.78 Å². The van der Waals surface area contributed by atoms with Gasteiger partial charge in [-0.25, -0.2) is 0 Å². The van der Waals surface area contributed by atoms with Gasteiger partial charge in [-0.2, -0.15) is 0 Å². The zero-order valence-electron chi connectivity index (χ0n) is 11.4. The van der Waals surface area contributed by atoms with Crippen molar-refractivity contribution in [2.24, 2.45) is 0 Å². The average molecular weight is 250 g/mol. The number of hydrogen-bond acceptors (Lipinski definition) is 4. The van der Waals surface area contributed by atoms with Gasteiger partial charge >= 0.3 is 0 Å². The Kier molecular flexibility index (Phi) is 6.39. The molecule has 0 bridgehead atoms. The third-order valence-corrected chi connectivity index (χ3v) is 2.79. The van der Waals surface area contributed by atoms with E-state index in [4.69, 9.17) is 4.74 Å². The number of carbonyl (C=O) groups excluding carboxylic acids is 1. The number of hydrogen-bond donors (Lipinski definition) is 1. The Morgan fingerprint density at radius 1 is 1.39 bits per heavy atom. The standard InChI is InChI=1S/C14H22N2O2/c1-15-9-6-10-16(2)11-13(17)12-7-4-5-8-14(12)18-3/h4-5,7-8,15H,6,9-11H2,1-3H3. The van der Waals surface area contributed by atoms with Crippen LogP contribution in [0, 0.1) is 0 Å². The fraction of sp³-hybridized carbons (Fsp3) is 0.500. The number of benzene rings is 1. The molecule has 1 rings (SSSR count). The number of rotatable bonds is 8. The van der Waals surface area contributed by atoms with Gasteiger partial charge in [-0.05, 0) is 45.7 Å². The van der Waals surface area contributed by atoms with Crippen molar-refractivity contribution in [3.05, 3.63) is 29.8 Å². The molecule has 0 radical (unpaired) electrons. The molecule has 4 nitrogen and oxygen atoms in total. The minimum Gasteiger partial charge on any atom is -0.496 e. The molecule has 100 valence electrons. The van der Waals surface area contributed by atoms with E-state index in [9.17, 15) is 4.79 Å². The molecule has 0 aliphatic carbocycles. The molecule has 0 aliphatic heterocycles. The van der Waals surface area contributed by atoms with E-state index in [0.717, 1.165) is 19.5 Å². The predicted octanol–water partition coefficient (Wildman–Crippen LogP) is 1.42. The highest BCUT2D eigenvalue weighted by molar-refractivity contribution is 6.00. The zero-order valence-corrected chi connectivity index (χ0v) is 11.4. The molecule has 0 saturated heterocycles. The number of likely N-dealkylation sites (N-methyl/N-ethyl adjacent to an activating group) is 1. The number of nitrogens with one attached hydrogen (secondary N) is 1. The number of Topliss-reactive ketones (excluding diaryl/α,β-unsaturated/α-hetero) is 1. The average Bonchev–Trinajstić information content (AvgIpc) is 2.39. The van der Waals surface area contributed by atoms with Crippen LogP contribution in [0.4, 0.5) is 0 Å². The van der Waals surface area contributed by atoms with E-state index >= 15 is 0 Å². The number of para-hydroxylation sites is 1. The van der Waals surface area contributed by atoms with Crippen LogP contribution >= 0.6 is 0 Å². The van der Waals surface area contributed by atoms with Crippen LogP contribution < -0.4 is 10.1 Å². The predicted molar refractivity (Wildman–Crippen MR) is 73.4 cm³/mol. The molecule has 0 aliphatic rings. The van der Waals surface area contributed by atoms with E-state index in [1.807, 2.05) is 43.3 Å². The maximum Gasteiger partial charge on any atom is 0.180 e. The molecule has 1 N–H and O–H groups in total. The Labute approximate surface area is 109 Å². The van der Waals surface area contributed by atoms with Crippen LogP contribution in [-0.4, -0.2) is 51.5 Å². The van der Waals surface area contributed by atoms with Crippen molar-refractivity contribution < 1.29 is 9.53 Å². The van der Waals surface area contributed by atoms with E-state index in [2.05, 4.69) is 5.32 Å². The molecule has 0 saturated carbocycles. The van der Waals surface area contributed by atoms with Crippen molar-refractivity contribution in [3.63, 3.8) is 0 Å². The molecule has 0 unspecified atom stereocenters. The van der Waals surface area contributed by atoms with Crippen LogP contribution in [0.2, 0.25) is 0 Å². The van der Waals surface area contributed by atoms with E-state index in [0.29, 0.717) is 17.9 Å². The van der Waals surface area contributed by atoms with Crippen LogP contribution in [0.15, 0.2) is 24.3 Å². The third-order valence-electron chi connectivity index (χ3n) is 2.79. The van der Waals surface area contributed by atoms with Gasteiger partial charge in [-0.3, -0.25) is 9.69 Å². The van der Waals surface area contributed by atoms with Gasteiger partial charge < -0.3 is 10.1 Å². The normalized spacial score (nSPS) is 10.7. The number of methoxy groups -OCH3 is 1. The fourth-order valence-corrected chi connectivity index (χ4v) is 1.81. The Bertz CT molecular complexity index is 380. The third kappa shape index (κ3) is 4.47. The topological polar surface area (TPSA) is 41.6 Å². The highest BCUT2D eigenvalue weighted by atomic mass is 16.5. The van der Waals surface area contributed by atoms with Crippen molar-refractivity contribution in [2.45, 2.75) is 6.42 Å². The molecule has 0 amide bonds. The smallest absolute Gasteiger partial charge is 0.180 e. The van der Waals surface area contributed by atoms with Crippen molar-refractivity contribution in [3.8, 4) is 5.75 Å². The first-order valence-electron chi connectivity index (χ1n) is 6.18. The highest BCUT2D eigenvalue weighted by Crippen LogP contribution is 2.17. The van der Waals surface area contributed by atoms with Gasteiger partial charge in [-0.15, -0.1) is 0 Å². The molecule has 0 heterocycles. The Morgan fingerprint density at radius 3 is 2.78 bits per heavy atom. The molecule has 1 aromatic rings. The zero-order chi connectivity index (χ0) is 13.4. The second-order valence-electron chi connectivity index (χ2n) is 4.32. The summed E-state index contributed by atoms with van der Waals surface area (Å²) in [7, 11) is 5.48. The van der Waals surface area contributed by atoms with Gasteiger partial charge in [0.2, 0.25) is 0 Å². The molecule has 0 spiro atoms. The van der Waals surface area contributed by atoms with Crippen LogP contribution in [0.1, 0.15) is 16.8 Å². The number of carbonyl (C=O) groups is 1. The summed E-state index contributed by atoms with van der Waals surface area (Å²) >= 11 is 0. The monoisotopic (exact) mass is 250 g/mol. The molecule has 0 fully saturated rings. The SMILES string of the molecule is CNCCCN(C)CC(=O)c1ccccc1OC. The van der Waals surface area contributed by atoms with Crippen LogP contribution in [0.3, 0.4) is 0 Å². The maximum atomic E-state index is 12.1. The first-order valence-corrected chi connectivity index (χ1v) is 6.18. The molecule has 4 heteroatoms. The highest BCUT2D eigenvalue weighted by Gasteiger charge is 2.13. The van der Waals surface area contributed by atoms with E-state index in [1.54, 1.807) is 7.11 Å². The summed E-state index contributed by atoms with van der Waals surface area (Å²) in [4.78, 5) is 14.2. The summed E-state index contributed by atoms with van der Waals surface area (Å²) in [6.07, 6.45) is 1.03. The largest absolute Gasteiger partial charge is 0.496 e. The number of ether oxygens (including phenoxy) is 1. The first-order chi connectivity index (χ1) is 8.69. The summed E-state index contributed by atoms with van der Waals surface area (Å²) in [6, 6.07) is 7.35. The summed E-state index contributed by atoms with van der Waals surface area (Å²) in [6.45, 7) is 2.29. The summed E-state index contributed by atoms with van der Waals surface area (Å²) in [5, 5.41) is 3.09. The quantitative estimate of drug-likeness (QED) is 0.559.